The van der Waals surface area contributed by atoms with Crippen molar-refractivity contribution >= 4 is 11.6 Å². The van der Waals surface area contributed by atoms with Gasteiger partial charge in [0.1, 0.15) is 0 Å². The van der Waals surface area contributed by atoms with Gasteiger partial charge in [-0.1, -0.05) is 18.6 Å². The number of benzene rings is 1. The fraction of sp³-hybridized carbons (Fsp3) is 0.438. The molecule has 19 heavy (non-hydrogen) atoms. The minimum absolute atomic E-state index is 0.00988. The van der Waals surface area contributed by atoms with E-state index in [0.717, 1.165) is 41.6 Å². The van der Waals surface area contributed by atoms with E-state index in [0.29, 0.717) is 6.54 Å². The number of hydrogen-bond acceptors (Lipinski definition) is 2. The molecule has 1 aromatic carbocycles. The Morgan fingerprint density at radius 1 is 1.37 bits per heavy atom. The van der Waals surface area contributed by atoms with E-state index in [1.54, 1.807) is 0 Å². The quantitative estimate of drug-likeness (QED) is 0.738. The van der Waals surface area contributed by atoms with Crippen molar-refractivity contribution < 1.29 is 4.79 Å². The van der Waals surface area contributed by atoms with Crippen LogP contribution in [-0.4, -0.2) is 19.5 Å². The molecule has 0 aliphatic rings. The van der Waals surface area contributed by atoms with Crippen LogP contribution in [0.3, 0.4) is 0 Å². The lowest BCUT2D eigenvalue weighted by Crippen LogP contribution is -2.25. The maximum absolute atomic E-state index is 12.2. The first-order chi connectivity index (χ1) is 9.08. The Hall–Kier alpha value is -1.77. The summed E-state index contributed by atoms with van der Waals surface area (Å²) < 4.78 is 0. The largest absolute Gasteiger partial charge is 0.388 e. The summed E-state index contributed by atoms with van der Waals surface area (Å²) in [4.78, 5) is 12.2. The summed E-state index contributed by atoms with van der Waals surface area (Å²) in [5, 5.41) is 6.01. The molecule has 0 spiro atoms. The molecule has 0 unspecified atom stereocenters. The zero-order valence-electron chi connectivity index (χ0n) is 12.2. The van der Waals surface area contributed by atoms with Crippen LogP contribution in [0.4, 0.5) is 5.69 Å². The number of allylic oxidation sites excluding steroid dienone is 1. The summed E-state index contributed by atoms with van der Waals surface area (Å²) in [6.45, 7) is 8.69. The first-order valence-electron chi connectivity index (χ1n) is 6.81. The van der Waals surface area contributed by atoms with Crippen LogP contribution in [0.1, 0.15) is 42.6 Å². The van der Waals surface area contributed by atoms with E-state index in [2.05, 4.69) is 17.2 Å². The van der Waals surface area contributed by atoms with Crippen LogP contribution in [-0.2, 0) is 6.42 Å². The third-order valence-corrected chi connectivity index (χ3v) is 3.00. The van der Waals surface area contributed by atoms with E-state index in [4.69, 9.17) is 0 Å². The van der Waals surface area contributed by atoms with Crippen molar-refractivity contribution in [1.29, 1.82) is 0 Å². The molecule has 0 radical (unpaired) electrons. The molecule has 0 saturated heterocycles. The van der Waals surface area contributed by atoms with E-state index in [9.17, 15) is 4.79 Å². The zero-order chi connectivity index (χ0) is 14.3. The molecule has 1 rings (SSSR count). The molecule has 0 aliphatic heterocycles. The second kappa shape index (κ2) is 7.62. The minimum atomic E-state index is 0.00988. The molecule has 0 saturated carbocycles. The number of anilines is 1. The normalized spacial score (nSPS) is 10.1. The highest BCUT2D eigenvalue weighted by Gasteiger charge is 2.11. The van der Waals surface area contributed by atoms with Gasteiger partial charge in [-0.25, -0.2) is 0 Å². The van der Waals surface area contributed by atoms with Crippen molar-refractivity contribution in [2.24, 2.45) is 0 Å². The Morgan fingerprint density at radius 2 is 2.11 bits per heavy atom. The van der Waals surface area contributed by atoms with Gasteiger partial charge >= 0.3 is 0 Å². The van der Waals surface area contributed by atoms with Crippen LogP contribution >= 0.6 is 0 Å². The van der Waals surface area contributed by atoms with Gasteiger partial charge in [0.2, 0.25) is 0 Å². The van der Waals surface area contributed by atoms with E-state index < -0.39 is 0 Å². The molecule has 3 nitrogen and oxygen atoms in total. The zero-order valence-corrected chi connectivity index (χ0v) is 12.2. The van der Waals surface area contributed by atoms with Gasteiger partial charge in [0.05, 0.1) is 0 Å². The van der Waals surface area contributed by atoms with E-state index in [1.165, 1.54) is 0 Å². The molecule has 0 heterocycles. The lowest BCUT2D eigenvalue weighted by Gasteiger charge is -2.12. The second-order valence-corrected chi connectivity index (χ2v) is 4.83. The highest BCUT2D eigenvalue weighted by molar-refractivity contribution is 5.96. The fourth-order valence-corrected chi connectivity index (χ4v) is 1.84. The van der Waals surface area contributed by atoms with Gasteiger partial charge in [-0.2, -0.15) is 0 Å². The number of nitrogens with one attached hydrogen (secondary N) is 2. The first-order valence-corrected chi connectivity index (χ1v) is 6.81. The van der Waals surface area contributed by atoms with Crippen molar-refractivity contribution in [2.45, 2.75) is 33.1 Å². The third kappa shape index (κ3) is 4.78. The molecule has 0 aromatic heterocycles. The SMILES string of the molecule is C=C(C)CCc1ccc(NC)cc1C(=O)NCCC. The summed E-state index contributed by atoms with van der Waals surface area (Å²) in [6, 6.07) is 5.94. The lowest BCUT2D eigenvalue weighted by atomic mass is 9.99. The lowest BCUT2D eigenvalue weighted by molar-refractivity contribution is 0.0952. The number of aryl methyl sites for hydroxylation is 1. The highest BCUT2D eigenvalue weighted by Crippen LogP contribution is 2.18. The molecule has 0 aliphatic carbocycles. The summed E-state index contributed by atoms with van der Waals surface area (Å²) in [6.07, 6.45) is 2.71. The maximum Gasteiger partial charge on any atom is 0.251 e. The van der Waals surface area contributed by atoms with Crippen LogP contribution in [0, 0.1) is 0 Å². The van der Waals surface area contributed by atoms with Gasteiger partial charge in [-0.15, -0.1) is 6.58 Å². The van der Waals surface area contributed by atoms with E-state index in [1.807, 2.05) is 39.1 Å². The van der Waals surface area contributed by atoms with Crippen molar-refractivity contribution in [1.82, 2.24) is 5.32 Å². The summed E-state index contributed by atoms with van der Waals surface area (Å²) >= 11 is 0. The van der Waals surface area contributed by atoms with Crippen molar-refractivity contribution in [3.05, 3.63) is 41.5 Å². The number of amides is 1. The van der Waals surface area contributed by atoms with Gasteiger partial charge in [-0.05, 0) is 43.9 Å². The molecule has 0 fully saturated rings. The molecule has 1 amide bonds. The van der Waals surface area contributed by atoms with E-state index >= 15 is 0 Å². The Labute approximate surface area is 116 Å². The Bertz CT molecular complexity index is 452. The summed E-state index contributed by atoms with van der Waals surface area (Å²) in [5.41, 5.74) is 3.94. The highest BCUT2D eigenvalue weighted by atomic mass is 16.1. The molecular weight excluding hydrogens is 236 g/mol. The monoisotopic (exact) mass is 260 g/mol. The smallest absolute Gasteiger partial charge is 0.251 e. The van der Waals surface area contributed by atoms with Crippen LogP contribution in [0.15, 0.2) is 30.4 Å². The molecule has 104 valence electrons. The average molecular weight is 260 g/mol. The van der Waals surface area contributed by atoms with Crippen molar-refractivity contribution in [3.63, 3.8) is 0 Å². The standard InChI is InChI=1S/C16H24N2O/c1-5-10-18-16(19)15-11-14(17-4)9-8-13(15)7-6-12(2)3/h8-9,11,17H,2,5-7,10H2,1,3-4H3,(H,18,19). The Morgan fingerprint density at radius 3 is 2.68 bits per heavy atom. The number of rotatable bonds is 7. The number of carbonyl (C=O) groups is 1. The van der Waals surface area contributed by atoms with Gasteiger partial charge in [0.25, 0.3) is 5.91 Å². The average Bonchev–Trinajstić information content (AvgIpc) is 2.42. The third-order valence-electron chi connectivity index (χ3n) is 3.00. The second-order valence-electron chi connectivity index (χ2n) is 4.83. The minimum Gasteiger partial charge on any atom is -0.388 e. The number of hydrogen-bond donors (Lipinski definition) is 2. The summed E-state index contributed by atoms with van der Waals surface area (Å²) in [5.74, 6) is 0.00988. The van der Waals surface area contributed by atoms with Gasteiger partial charge in [0.15, 0.2) is 0 Å². The Balaban J connectivity index is 2.94. The van der Waals surface area contributed by atoms with E-state index in [-0.39, 0.29) is 5.91 Å². The van der Waals surface area contributed by atoms with Crippen LogP contribution in [0.25, 0.3) is 0 Å². The molecule has 2 N–H and O–H groups in total. The fourth-order valence-electron chi connectivity index (χ4n) is 1.84. The maximum atomic E-state index is 12.2. The molecule has 3 heteroatoms. The van der Waals surface area contributed by atoms with Crippen molar-refractivity contribution in [2.75, 3.05) is 18.9 Å². The predicted molar refractivity (Wildman–Crippen MR) is 81.7 cm³/mol. The molecular formula is C16H24N2O. The van der Waals surface area contributed by atoms with Gasteiger partial charge < -0.3 is 10.6 Å². The molecule has 1 aromatic rings. The van der Waals surface area contributed by atoms with Crippen LogP contribution in [0.2, 0.25) is 0 Å². The van der Waals surface area contributed by atoms with Crippen LogP contribution in [0.5, 0.6) is 0 Å². The van der Waals surface area contributed by atoms with Crippen LogP contribution < -0.4 is 10.6 Å². The number of carbonyl (C=O) groups excluding carboxylic acids is 1. The predicted octanol–water partition coefficient (Wildman–Crippen LogP) is 3.38. The van der Waals surface area contributed by atoms with Crippen molar-refractivity contribution in [3.8, 4) is 0 Å². The topological polar surface area (TPSA) is 41.1 Å². The molecule has 0 atom stereocenters. The van der Waals surface area contributed by atoms with Gasteiger partial charge in [0, 0.05) is 24.8 Å². The first kappa shape index (κ1) is 15.3. The summed E-state index contributed by atoms with van der Waals surface area (Å²) in [7, 11) is 1.86. The molecule has 0 bridgehead atoms. The Kier molecular flexibility index (Phi) is 6.13. The van der Waals surface area contributed by atoms with Gasteiger partial charge in [-0.3, -0.25) is 4.79 Å².